The van der Waals surface area contributed by atoms with Gasteiger partial charge in [0.15, 0.2) is 5.82 Å². The highest BCUT2D eigenvalue weighted by atomic mass is 35.5. The fourth-order valence-corrected chi connectivity index (χ4v) is 1.89. The molecule has 1 aromatic heterocycles. The van der Waals surface area contributed by atoms with Gasteiger partial charge in [0.05, 0.1) is 5.69 Å². The summed E-state index contributed by atoms with van der Waals surface area (Å²) in [7, 11) is 0. The minimum Gasteiger partial charge on any atom is -0.486 e. The number of pyridine rings is 1. The largest absolute Gasteiger partial charge is 0.486 e. The molecule has 8 heteroatoms. The highest BCUT2D eigenvalue weighted by molar-refractivity contribution is 6.35. The molecule has 0 aliphatic rings. The van der Waals surface area contributed by atoms with E-state index in [4.69, 9.17) is 33.0 Å². The van der Waals surface area contributed by atoms with E-state index in [0.717, 1.165) is 6.07 Å². The lowest BCUT2D eigenvalue weighted by Crippen LogP contribution is -2.05. The number of aromatic nitrogens is 1. The Morgan fingerprint density at radius 1 is 1.29 bits per heavy atom. The second-order valence-corrected chi connectivity index (χ2v) is 4.66. The van der Waals surface area contributed by atoms with Crippen LogP contribution in [-0.2, 0) is 6.61 Å². The van der Waals surface area contributed by atoms with Gasteiger partial charge in [0, 0.05) is 6.07 Å². The highest BCUT2D eigenvalue weighted by Crippen LogP contribution is 2.34. The minimum atomic E-state index is -1.20. The molecule has 4 nitrogen and oxygen atoms in total. The van der Waals surface area contributed by atoms with Gasteiger partial charge in [-0.2, -0.15) is 0 Å². The first kappa shape index (κ1) is 15.5. The van der Waals surface area contributed by atoms with Crippen molar-refractivity contribution in [3.8, 4) is 5.75 Å². The summed E-state index contributed by atoms with van der Waals surface area (Å²) >= 11 is 11.0. The maximum Gasteiger partial charge on any atom is 0.354 e. The number of carboxylic acids is 1. The van der Waals surface area contributed by atoms with Crippen molar-refractivity contribution in [3.05, 3.63) is 57.3 Å². The van der Waals surface area contributed by atoms with Crippen molar-refractivity contribution >= 4 is 29.2 Å². The number of aromatic carboxylic acids is 1. The van der Waals surface area contributed by atoms with Gasteiger partial charge in [0.25, 0.3) is 0 Å². The molecule has 0 radical (unpaired) electrons. The van der Waals surface area contributed by atoms with Crippen molar-refractivity contribution in [2.24, 2.45) is 0 Å². The molecule has 0 saturated heterocycles. The molecule has 0 unspecified atom stereocenters. The molecular formula is C13H7Cl2F2NO3. The van der Waals surface area contributed by atoms with Crippen molar-refractivity contribution in [1.29, 1.82) is 0 Å². The summed E-state index contributed by atoms with van der Waals surface area (Å²) in [5.74, 6) is -3.58. The number of benzene rings is 1. The Bertz CT molecular complexity index is 710. The summed E-state index contributed by atoms with van der Waals surface area (Å²) in [6, 6.07) is 5.12. The monoisotopic (exact) mass is 333 g/mol. The van der Waals surface area contributed by atoms with Gasteiger partial charge in [-0.3, -0.25) is 0 Å². The predicted octanol–water partition coefficient (Wildman–Crippen LogP) is 3.94. The summed E-state index contributed by atoms with van der Waals surface area (Å²) in [4.78, 5) is 14.6. The average Bonchev–Trinajstić information content (AvgIpc) is 2.47. The van der Waals surface area contributed by atoms with Gasteiger partial charge in [-0.05, 0) is 12.1 Å². The minimum absolute atomic E-state index is 0.171. The maximum atomic E-state index is 13.5. The van der Waals surface area contributed by atoms with Crippen molar-refractivity contribution in [2.45, 2.75) is 6.61 Å². The zero-order valence-electron chi connectivity index (χ0n) is 10.2. The van der Waals surface area contributed by atoms with Gasteiger partial charge in [-0.15, -0.1) is 0 Å². The first-order valence-corrected chi connectivity index (χ1v) is 6.30. The van der Waals surface area contributed by atoms with E-state index < -0.39 is 27.6 Å². The Kier molecular flexibility index (Phi) is 4.59. The Morgan fingerprint density at radius 3 is 2.67 bits per heavy atom. The summed E-state index contributed by atoms with van der Waals surface area (Å²) < 4.78 is 31.9. The molecule has 0 saturated carbocycles. The summed E-state index contributed by atoms with van der Waals surface area (Å²) in [5.41, 5.74) is 0.0948. The van der Waals surface area contributed by atoms with E-state index in [0.29, 0.717) is 0 Å². The zero-order valence-corrected chi connectivity index (χ0v) is 11.8. The Morgan fingerprint density at radius 2 is 2.00 bits per heavy atom. The molecule has 0 spiro atoms. The standard InChI is InChI=1S/C13H7Cl2F2NO3/c14-10-7(16)4-9(11(15)12(10)17)21-5-6-2-1-3-8(18-6)13(19)20/h1-4H,5H2,(H,19,20). The SMILES string of the molecule is O=C(O)c1cccc(COc2cc(F)c(Cl)c(F)c2Cl)n1. The number of rotatable bonds is 4. The van der Waals surface area contributed by atoms with Crippen LogP contribution in [0.15, 0.2) is 24.3 Å². The third kappa shape index (κ3) is 3.40. The third-order valence-corrected chi connectivity index (χ3v) is 3.17. The number of carboxylic acid groups (broad SMARTS) is 1. The van der Waals surface area contributed by atoms with Gasteiger partial charge in [0.1, 0.15) is 33.9 Å². The quantitative estimate of drug-likeness (QED) is 0.680. The van der Waals surface area contributed by atoms with Crippen LogP contribution in [0.3, 0.4) is 0 Å². The fourth-order valence-electron chi connectivity index (χ4n) is 1.49. The molecule has 1 heterocycles. The molecule has 1 aromatic carbocycles. The van der Waals surface area contributed by atoms with Crippen LogP contribution in [0.25, 0.3) is 0 Å². The second kappa shape index (κ2) is 6.24. The molecule has 2 rings (SSSR count). The molecule has 0 bridgehead atoms. The lowest BCUT2D eigenvalue weighted by Gasteiger charge is -2.10. The number of halogens is 4. The van der Waals surface area contributed by atoms with Crippen molar-refractivity contribution < 1.29 is 23.4 Å². The zero-order chi connectivity index (χ0) is 15.6. The van der Waals surface area contributed by atoms with Crippen LogP contribution in [0.2, 0.25) is 10.0 Å². The van der Waals surface area contributed by atoms with Crippen molar-refractivity contribution in [2.75, 3.05) is 0 Å². The van der Waals surface area contributed by atoms with E-state index >= 15 is 0 Å². The summed E-state index contributed by atoms with van der Waals surface area (Å²) in [5, 5.41) is 7.62. The average molecular weight is 334 g/mol. The Hall–Kier alpha value is -1.92. The van der Waals surface area contributed by atoms with Gasteiger partial charge < -0.3 is 9.84 Å². The number of carbonyl (C=O) groups is 1. The molecule has 0 aliphatic heterocycles. The number of hydrogen-bond acceptors (Lipinski definition) is 3. The van der Waals surface area contributed by atoms with Crippen LogP contribution in [0.1, 0.15) is 16.2 Å². The maximum absolute atomic E-state index is 13.5. The highest BCUT2D eigenvalue weighted by Gasteiger charge is 2.17. The van der Waals surface area contributed by atoms with Crippen LogP contribution < -0.4 is 4.74 Å². The van der Waals surface area contributed by atoms with E-state index in [1.54, 1.807) is 0 Å². The van der Waals surface area contributed by atoms with Crippen molar-refractivity contribution in [3.63, 3.8) is 0 Å². The van der Waals surface area contributed by atoms with Crippen molar-refractivity contribution in [1.82, 2.24) is 4.98 Å². The predicted molar refractivity (Wildman–Crippen MR) is 71.9 cm³/mol. The first-order valence-electron chi connectivity index (χ1n) is 5.55. The lowest BCUT2D eigenvalue weighted by atomic mass is 10.3. The van der Waals surface area contributed by atoms with Gasteiger partial charge in [0.2, 0.25) is 0 Å². The summed E-state index contributed by atoms with van der Waals surface area (Å²) in [6.45, 7) is -0.207. The van der Waals surface area contributed by atoms with Gasteiger partial charge in [-0.25, -0.2) is 18.6 Å². The Labute approximate surface area is 127 Å². The van der Waals surface area contributed by atoms with E-state index in [2.05, 4.69) is 4.98 Å². The van der Waals surface area contributed by atoms with E-state index in [1.807, 2.05) is 0 Å². The van der Waals surface area contributed by atoms with Gasteiger partial charge in [-0.1, -0.05) is 29.3 Å². The van der Waals surface area contributed by atoms with Gasteiger partial charge >= 0.3 is 5.97 Å². The van der Waals surface area contributed by atoms with E-state index in [9.17, 15) is 13.6 Å². The first-order chi connectivity index (χ1) is 9.90. The molecule has 1 N–H and O–H groups in total. The fraction of sp³-hybridized carbons (Fsp3) is 0.0769. The van der Waals surface area contributed by atoms with Crippen LogP contribution in [0, 0.1) is 11.6 Å². The normalized spacial score (nSPS) is 10.5. The van der Waals surface area contributed by atoms with Crippen LogP contribution >= 0.6 is 23.2 Å². The second-order valence-electron chi connectivity index (χ2n) is 3.91. The summed E-state index contributed by atoms with van der Waals surface area (Å²) in [6.07, 6.45) is 0. The van der Waals surface area contributed by atoms with Crippen LogP contribution in [0.5, 0.6) is 5.75 Å². The number of ether oxygens (including phenoxy) is 1. The smallest absolute Gasteiger partial charge is 0.354 e. The lowest BCUT2D eigenvalue weighted by molar-refractivity contribution is 0.0690. The third-order valence-electron chi connectivity index (χ3n) is 2.47. The molecule has 0 aliphatic carbocycles. The molecule has 21 heavy (non-hydrogen) atoms. The molecule has 0 atom stereocenters. The van der Waals surface area contributed by atoms with E-state index in [1.165, 1.54) is 18.2 Å². The number of hydrogen-bond donors (Lipinski definition) is 1. The molecule has 2 aromatic rings. The number of nitrogens with zero attached hydrogens (tertiary/aromatic N) is 1. The molecule has 0 amide bonds. The topological polar surface area (TPSA) is 59.4 Å². The van der Waals surface area contributed by atoms with Crippen LogP contribution in [-0.4, -0.2) is 16.1 Å². The molecular weight excluding hydrogens is 327 g/mol. The molecule has 0 fully saturated rings. The Balaban J connectivity index is 2.21. The van der Waals surface area contributed by atoms with E-state index in [-0.39, 0.29) is 23.7 Å². The van der Waals surface area contributed by atoms with Crippen LogP contribution in [0.4, 0.5) is 8.78 Å². The molecule has 110 valence electrons.